The van der Waals surface area contributed by atoms with E-state index < -0.39 is 0 Å². The zero-order chi connectivity index (χ0) is 11.5. The highest BCUT2D eigenvalue weighted by Crippen LogP contribution is 2.26. The third-order valence-electron chi connectivity index (χ3n) is 2.39. The standard InChI is InChI=1S/C12H12BrNO2/c1-8-11(7-15-2)12(14-16-8)9-3-5-10(13)6-4-9/h3-6H,7H2,1-2H3. The molecule has 3 nitrogen and oxygen atoms in total. The summed E-state index contributed by atoms with van der Waals surface area (Å²) in [7, 11) is 1.66. The Kier molecular flexibility index (Phi) is 3.41. The summed E-state index contributed by atoms with van der Waals surface area (Å²) in [5.41, 5.74) is 2.89. The third kappa shape index (κ3) is 2.18. The Bertz CT molecular complexity index is 476. The molecule has 0 unspecified atom stereocenters. The molecule has 84 valence electrons. The molecule has 1 aromatic heterocycles. The van der Waals surface area contributed by atoms with Crippen LogP contribution in [0.3, 0.4) is 0 Å². The van der Waals surface area contributed by atoms with Crippen LogP contribution in [-0.4, -0.2) is 12.3 Å². The van der Waals surface area contributed by atoms with Crippen molar-refractivity contribution in [3.05, 3.63) is 40.1 Å². The lowest BCUT2D eigenvalue weighted by molar-refractivity contribution is 0.183. The Morgan fingerprint density at radius 1 is 1.31 bits per heavy atom. The number of methoxy groups -OCH3 is 1. The summed E-state index contributed by atoms with van der Waals surface area (Å²) in [6, 6.07) is 7.97. The monoisotopic (exact) mass is 281 g/mol. The van der Waals surface area contributed by atoms with Crippen LogP contribution in [0.5, 0.6) is 0 Å². The Balaban J connectivity index is 2.43. The van der Waals surface area contributed by atoms with Crippen LogP contribution in [0.25, 0.3) is 11.3 Å². The van der Waals surface area contributed by atoms with Gasteiger partial charge in [-0.25, -0.2) is 0 Å². The van der Waals surface area contributed by atoms with Gasteiger partial charge in [-0.1, -0.05) is 33.2 Å². The van der Waals surface area contributed by atoms with Crippen molar-refractivity contribution >= 4 is 15.9 Å². The van der Waals surface area contributed by atoms with Crippen LogP contribution in [0.1, 0.15) is 11.3 Å². The van der Waals surface area contributed by atoms with Gasteiger partial charge in [0.15, 0.2) is 0 Å². The molecule has 2 rings (SSSR count). The first-order valence-electron chi connectivity index (χ1n) is 4.92. The van der Waals surface area contributed by atoms with Crippen molar-refractivity contribution < 1.29 is 9.26 Å². The van der Waals surface area contributed by atoms with Gasteiger partial charge in [0.25, 0.3) is 0 Å². The van der Waals surface area contributed by atoms with E-state index in [4.69, 9.17) is 9.26 Å². The van der Waals surface area contributed by atoms with E-state index in [0.717, 1.165) is 27.1 Å². The van der Waals surface area contributed by atoms with Crippen molar-refractivity contribution in [1.82, 2.24) is 5.16 Å². The molecule has 0 saturated heterocycles. The lowest BCUT2D eigenvalue weighted by Gasteiger charge is -2.01. The maximum atomic E-state index is 5.19. The zero-order valence-corrected chi connectivity index (χ0v) is 10.7. The largest absolute Gasteiger partial charge is 0.380 e. The van der Waals surface area contributed by atoms with E-state index in [9.17, 15) is 0 Å². The van der Waals surface area contributed by atoms with Crippen molar-refractivity contribution in [2.24, 2.45) is 0 Å². The fourth-order valence-electron chi connectivity index (χ4n) is 1.54. The fraction of sp³-hybridized carbons (Fsp3) is 0.250. The molecule has 0 radical (unpaired) electrons. The maximum absolute atomic E-state index is 5.19. The molecule has 0 aliphatic rings. The maximum Gasteiger partial charge on any atom is 0.139 e. The van der Waals surface area contributed by atoms with E-state index in [0.29, 0.717) is 6.61 Å². The van der Waals surface area contributed by atoms with Gasteiger partial charge in [0.05, 0.1) is 6.61 Å². The predicted molar refractivity (Wildman–Crippen MR) is 65.1 cm³/mol. The number of rotatable bonds is 3. The van der Waals surface area contributed by atoms with Crippen LogP contribution in [-0.2, 0) is 11.3 Å². The molecule has 0 saturated carbocycles. The van der Waals surface area contributed by atoms with E-state index in [-0.39, 0.29) is 0 Å². The van der Waals surface area contributed by atoms with Gasteiger partial charge in [-0.3, -0.25) is 0 Å². The number of halogens is 1. The fourth-order valence-corrected chi connectivity index (χ4v) is 1.80. The first kappa shape index (κ1) is 11.4. The summed E-state index contributed by atoms with van der Waals surface area (Å²) in [5.74, 6) is 0.805. The van der Waals surface area contributed by atoms with Gasteiger partial charge in [-0.15, -0.1) is 0 Å². The lowest BCUT2D eigenvalue weighted by Crippen LogP contribution is -1.91. The molecule has 0 spiro atoms. The quantitative estimate of drug-likeness (QED) is 0.863. The predicted octanol–water partition coefficient (Wildman–Crippen LogP) is 3.56. The van der Waals surface area contributed by atoms with Gasteiger partial charge < -0.3 is 9.26 Å². The Morgan fingerprint density at radius 2 is 2.00 bits per heavy atom. The average molecular weight is 282 g/mol. The number of hydrogen-bond donors (Lipinski definition) is 0. The van der Waals surface area contributed by atoms with Gasteiger partial charge in [0.2, 0.25) is 0 Å². The molecule has 1 heterocycles. The molecule has 0 amide bonds. The normalized spacial score (nSPS) is 10.7. The SMILES string of the molecule is COCc1c(-c2ccc(Br)cc2)noc1C. The van der Waals surface area contributed by atoms with Crippen molar-refractivity contribution in [2.45, 2.75) is 13.5 Å². The second-order valence-electron chi connectivity index (χ2n) is 3.51. The highest BCUT2D eigenvalue weighted by molar-refractivity contribution is 9.10. The second-order valence-corrected chi connectivity index (χ2v) is 4.42. The lowest BCUT2D eigenvalue weighted by atomic mass is 10.1. The molecule has 0 atom stereocenters. The second kappa shape index (κ2) is 4.80. The highest BCUT2D eigenvalue weighted by atomic mass is 79.9. The van der Waals surface area contributed by atoms with Crippen LogP contribution < -0.4 is 0 Å². The Morgan fingerprint density at radius 3 is 2.62 bits per heavy atom. The van der Waals surface area contributed by atoms with E-state index in [1.165, 1.54) is 0 Å². The number of nitrogens with zero attached hydrogens (tertiary/aromatic N) is 1. The van der Waals surface area contributed by atoms with Gasteiger partial charge in [0.1, 0.15) is 11.5 Å². The number of aromatic nitrogens is 1. The molecule has 2 aromatic rings. The minimum absolute atomic E-state index is 0.515. The molecule has 0 aliphatic heterocycles. The van der Waals surface area contributed by atoms with E-state index in [2.05, 4.69) is 21.1 Å². The topological polar surface area (TPSA) is 35.3 Å². The first-order valence-corrected chi connectivity index (χ1v) is 5.71. The zero-order valence-electron chi connectivity index (χ0n) is 9.16. The Labute approximate surface area is 103 Å². The molecule has 0 bridgehead atoms. The summed E-state index contributed by atoms with van der Waals surface area (Å²) in [6.45, 7) is 2.41. The molecule has 0 N–H and O–H groups in total. The molecule has 1 aromatic carbocycles. The third-order valence-corrected chi connectivity index (χ3v) is 2.92. The molecular weight excluding hydrogens is 270 g/mol. The Hall–Kier alpha value is -1.13. The summed E-state index contributed by atoms with van der Waals surface area (Å²) >= 11 is 3.40. The van der Waals surface area contributed by atoms with Crippen LogP contribution in [0.2, 0.25) is 0 Å². The number of aryl methyl sites for hydroxylation is 1. The van der Waals surface area contributed by atoms with E-state index in [1.54, 1.807) is 7.11 Å². The van der Waals surface area contributed by atoms with Crippen molar-refractivity contribution in [3.8, 4) is 11.3 Å². The summed E-state index contributed by atoms with van der Waals surface area (Å²) in [4.78, 5) is 0. The molecule has 4 heteroatoms. The van der Waals surface area contributed by atoms with Crippen molar-refractivity contribution in [3.63, 3.8) is 0 Å². The van der Waals surface area contributed by atoms with Crippen molar-refractivity contribution in [1.29, 1.82) is 0 Å². The van der Waals surface area contributed by atoms with Crippen LogP contribution in [0.15, 0.2) is 33.3 Å². The van der Waals surface area contributed by atoms with Gasteiger partial charge in [0, 0.05) is 22.7 Å². The van der Waals surface area contributed by atoms with E-state index >= 15 is 0 Å². The van der Waals surface area contributed by atoms with Gasteiger partial charge >= 0.3 is 0 Å². The summed E-state index contributed by atoms with van der Waals surface area (Å²) in [6.07, 6.45) is 0. The molecule has 16 heavy (non-hydrogen) atoms. The highest BCUT2D eigenvalue weighted by Gasteiger charge is 2.13. The van der Waals surface area contributed by atoms with Gasteiger partial charge in [-0.2, -0.15) is 0 Å². The average Bonchev–Trinajstić information content (AvgIpc) is 2.63. The van der Waals surface area contributed by atoms with E-state index in [1.807, 2.05) is 31.2 Å². The molecular formula is C12H12BrNO2. The summed E-state index contributed by atoms with van der Waals surface area (Å²) in [5, 5.41) is 4.06. The summed E-state index contributed by atoms with van der Waals surface area (Å²) < 4.78 is 11.4. The van der Waals surface area contributed by atoms with Crippen LogP contribution in [0.4, 0.5) is 0 Å². The first-order chi connectivity index (χ1) is 7.72. The van der Waals surface area contributed by atoms with Crippen LogP contribution in [0, 0.1) is 6.92 Å². The minimum Gasteiger partial charge on any atom is -0.380 e. The number of hydrogen-bond acceptors (Lipinski definition) is 3. The molecule has 0 aliphatic carbocycles. The number of ether oxygens (including phenoxy) is 1. The van der Waals surface area contributed by atoms with Crippen LogP contribution >= 0.6 is 15.9 Å². The number of benzene rings is 1. The molecule has 0 fully saturated rings. The van der Waals surface area contributed by atoms with Crippen molar-refractivity contribution in [2.75, 3.05) is 7.11 Å². The van der Waals surface area contributed by atoms with Gasteiger partial charge in [-0.05, 0) is 19.1 Å². The smallest absolute Gasteiger partial charge is 0.139 e. The minimum atomic E-state index is 0.515.